The highest BCUT2D eigenvalue weighted by atomic mass is 35.5. The number of hydrogen-bond acceptors (Lipinski definition) is 2. The van der Waals surface area contributed by atoms with Crippen molar-refractivity contribution >= 4 is 22.9 Å². The highest BCUT2D eigenvalue weighted by Crippen LogP contribution is 2.37. The lowest BCUT2D eigenvalue weighted by Gasteiger charge is -2.18. The van der Waals surface area contributed by atoms with Crippen molar-refractivity contribution in [3.8, 4) is 10.4 Å². The average Bonchev–Trinajstić information content (AvgIpc) is 2.74. The van der Waals surface area contributed by atoms with E-state index in [1.165, 1.54) is 20.9 Å². The molecule has 0 aliphatic carbocycles. The summed E-state index contributed by atoms with van der Waals surface area (Å²) in [6.45, 7) is 4.36. The SMILES string of the molecule is CC1CNCc2cc(-c3cccc(Cl)c3)sc21. The topological polar surface area (TPSA) is 12.0 Å². The molecule has 1 aliphatic rings. The molecular formula is C14H14ClNS. The van der Waals surface area contributed by atoms with Gasteiger partial charge in [-0.15, -0.1) is 11.3 Å². The van der Waals surface area contributed by atoms with E-state index in [9.17, 15) is 0 Å². The predicted molar refractivity (Wildman–Crippen MR) is 74.9 cm³/mol. The van der Waals surface area contributed by atoms with Crippen molar-refractivity contribution in [2.75, 3.05) is 6.54 Å². The van der Waals surface area contributed by atoms with Gasteiger partial charge in [0.25, 0.3) is 0 Å². The van der Waals surface area contributed by atoms with E-state index in [0.717, 1.165) is 18.1 Å². The highest BCUT2D eigenvalue weighted by Gasteiger charge is 2.19. The predicted octanol–water partition coefficient (Wildman–Crippen LogP) is 4.28. The summed E-state index contributed by atoms with van der Waals surface area (Å²) in [5.74, 6) is 0.622. The van der Waals surface area contributed by atoms with Gasteiger partial charge in [0.05, 0.1) is 0 Å². The number of thiophene rings is 1. The molecule has 0 saturated carbocycles. The first-order valence-electron chi connectivity index (χ1n) is 5.83. The van der Waals surface area contributed by atoms with E-state index >= 15 is 0 Å². The summed E-state index contributed by atoms with van der Waals surface area (Å²) in [7, 11) is 0. The van der Waals surface area contributed by atoms with Gasteiger partial charge in [-0.2, -0.15) is 0 Å². The van der Waals surface area contributed by atoms with Crippen LogP contribution in [-0.2, 0) is 6.54 Å². The van der Waals surface area contributed by atoms with Gasteiger partial charge in [0.1, 0.15) is 0 Å². The third kappa shape index (κ3) is 2.13. The zero-order chi connectivity index (χ0) is 11.8. The smallest absolute Gasteiger partial charge is 0.0412 e. The number of benzene rings is 1. The van der Waals surface area contributed by atoms with Crippen LogP contribution in [0.1, 0.15) is 23.3 Å². The van der Waals surface area contributed by atoms with E-state index in [-0.39, 0.29) is 0 Å². The molecular weight excluding hydrogens is 250 g/mol. The Bertz CT molecular complexity index is 547. The molecule has 1 nitrogen and oxygen atoms in total. The standard InChI is InChI=1S/C14H14ClNS/c1-9-7-16-8-11-6-13(17-14(9)11)10-3-2-4-12(15)5-10/h2-6,9,16H,7-8H2,1H3. The summed E-state index contributed by atoms with van der Waals surface area (Å²) in [6.07, 6.45) is 0. The first-order chi connectivity index (χ1) is 8.24. The Labute approximate surface area is 110 Å². The molecule has 1 aliphatic heterocycles. The highest BCUT2D eigenvalue weighted by molar-refractivity contribution is 7.15. The van der Waals surface area contributed by atoms with Crippen LogP contribution < -0.4 is 5.32 Å². The van der Waals surface area contributed by atoms with Crippen molar-refractivity contribution < 1.29 is 0 Å². The van der Waals surface area contributed by atoms with Crippen molar-refractivity contribution in [3.05, 3.63) is 45.8 Å². The van der Waals surface area contributed by atoms with Gasteiger partial charge in [-0.05, 0) is 29.3 Å². The molecule has 2 heterocycles. The van der Waals surface area contributed by atoms with Crippen LogP contribution >= 0.6 is 22.9 Å². The van der Waals surface area contributed by atoms with Crippen molar-refractivity contribution in [2.24, 2.45) is 0 Å². The zero-order valence-electron chi connectivity index (χ0n) is 9.66. The molecule has 1 atom stereocenters. The van der Waals surface area contributed by atoms with E-state index in [4.69, 9.17) is 11.6 Å². The molecule has 1 N–H and O–H groups in total. The Morgan fingerprint density at radius 3 is 3.00 bits per heavy atom. The van der Waals surface area contributed by atoms with Crippen molar-refractivity contribution in [1.82, 2.24) is 5.32 Å². The van der Waals surface area contributed by atoms with Crippen LogP contribution in [0.25, 0.3) is 10.4 Å². The van der Waals surface area contributed by atoms with Gasteiger partial charge in [0.15, 0.2) is 0 Å². The van der Waals surface area contributed by atoms with Gasteiger partial charge in [0.2, 0.25) is 0 Å². The maximum Gasteiger partial charge on any atom is 0.0412 e. The molecule has 3 heteroatoms. The lowest BCUT2D eigenvalue weighted by atomic mass is 10.0. The summed E-state index contributed by atoms with van der Waals surface area (Å²) in [6, 6.07) is 10.4. The quantitative estimate of drug-likeness (QED) is 0.810. The maximum absolute atomic E-state index is 6.04. The minimum Gasteiger partial charge on any atom is -0.312 e. The molecule has 0 radical (unpaired) electrons. The first-order valence-corrected chi connectivity index (χ1v) is 7.03. The summed E-state index contributed by atoms with van der Waals surface area (Å²) >= 11 is 7.95. The molecule has 1 unspecified atom stereocenters. The summed E-state index contributed by atoms with van der Waals surface area (Å²) in [5, 5.41) is 4.25. The fourth-order valence-electron chi connectivity index (χ4n) is 2.30. The Kier molecular flexibility index (Phi) is 2.95. The third-order valence-electron chi connectivity index (χ3n) is 3.16. The lowest BCUT2D eigenvalue weighted by Crippen LogP contribution is -2.24. The second-order valence-electron chi connectivity index (χ2n) is 4.54. The second-order valence-corrected chi connectivity index (χ2v) is 6.06. The maximum atomic E-state index is 6.04. The van der Waals surface area contributed by atoms with Crippen molar-refractivity contribution in [1.29, 1.82) is 0 Å². The molecule has 1 aromatic carbocycles. The number of nitrogens with one attached hydrogen (secondary N) is 1. The molecule has 0 fully saturated rings. The molecule has 17 heavy (non-hydrogen) atoms. The molecule has 0 amide bonds. The zero-order valence-corrected chi connectivity index (χ0v) is 11.2. The van der Waals surface area contributed by atoms with E-state index in [0.29, 0.717) is 5.92 Å². The van der Waals surface area contributed by atoms with Crippen LogP contribution in [0.4, 0.5) is 0 Å². The van der Waals surface area contributed by atoms with E-state index in [1.807, 2.05) is 29.5 Å². The molecule has 0 saturated heterocycles. The van der Waals surface area contributed by atoms with Crippen LogP contribution in [-0.4, -0.2) is 6.54 Å². The molecule has 0 bridgehead atoms. The van der Waals surface area contributed by atoms with Crippen LogP contribution in [0.2, 0.25) is 5.02 Å². The van der Waals surface area contributed by atoms with Gasteiger partial charge >= 0.3 is 0 Å². The normalized spacial score (nSPS) is 19.1. The Morgan fingerprint density at radius 2 is 2.24 bits per heavy atom. The minimum atomic E-state index is 0.622. The molecule has 1 aromatic heterocycles. The minimum absolute atomic E-state index is 0.622. The summed E-state index contributed by atoms with van der Waals surface area (Å²) in [5.41, 5.74) is 2.67. The van der Waals surface area contributed by atoms with Gasteiger partial charge in [0, 0.05) is 33.8 Å². The molecule has 0 spiro atoms. The summed E-state index contributed by atoms with van der Waals surface area (Å²) in [4.78, 5) is 2.85. The van der Waals surface area contributed by atoms with Crippen molar-refractivity contribution in [3.63, 3.8) is 0 Å². The van der Waals surface area contributed by atoms with Gasteiger partial charge in [-0.1, -0.05) is 30.7 Å². The second kappa shape index (κ2) is 4.45. The fourth-order valence-corrected chi connectivity index (χ4v) is 3.72. The van der Waals surface area contributed by atoms with Crippen LogP contribution in [0.15, 0.2) is 30.3 Å². The van der Waals surface area contributed by atoms with Crippen molar-refractivity contribution in [2.45, 2.75) is 19.4 Å². The Hall–Kier alpha value is -0.830. The molecule has 88 valence electrons. The van der Waals surface area contributed by atoms with Crippen LogP contribution in [0, 0.1) is 0 Å². The third-order valence-corrected chi connectivity index (χ3v) is 4.86. The van der Waals surface area contributed by atoms with E-state index in [2.05, 4.69) is 24.4 Å². The largest absolute Gasteiger partial charge is 0.312 e. The van der Waals surface area contributed by atoms with E-state index in [1.54, 1.807) is 0 Å². The van der Waals surface area contributed by atoms with Gasteiger partial charge in [-0.25, -0.2) is 0 Å². The number of halogens is 1. The Balaban J connectivity index is 2.05. The fraction of sp³-hybridized carbons (Fsp3) is 0.286. The van der Waals surface area contributed by atoms with Crippen LogP contribution in [0.3, 0.4) is 0 Å². The van der Waals surface area contributed by atoms with Crippen LogP contribution in [0.5, 0.6) is 0 Å². The monoisotopic (exact) mass is 263 g/mol. The number of rotatable bonds is 1. The van der Waals surface area contributed by atoms with E-state index < -0.39 is 0 Å². The molecule has 3 rings (SSSR count). The molecule has 2 aromatic rings. The number of hydrogen-bond donors (Lipinski definition) is 1. The van der Waals surface area contributed by atoms with Gasteiger partial charge in [-0.3, -0.25) is 0 Å². The first kappa shape index (κ1) is 11.3. The summed E-state index contributed by atoms with van der Waals surface area (Å²) < 4.78 is 0. The average molecular weight is 264 g/mol. The number of fused-ring (bicyclic) bond motifs is 1. The van der Waals surface area contributed by atoms with Gasteiger partial charge < -0.3 is 5.32 Å². The Morgan fingerprint density at radius 1 is 1.35 bits per heavy atom. The lowest BCUT2D eigenvalue weighted by molar-refractivity contribution is 0.581.